The lowest BCUT2D eigenvalue weighted by molar-refractivity contribution is 0.277. The van der Waals surface area contributed by atoms with Gasteiger partial charge >= 0.3 is 46.4 Å². The zero-order valence-electron chi connectivity index (χ0n) is 23.0. The molecule has 0 aliphatic carbocycles. The lowest BCUT2D eigenvalue weighted by Crippen LogP contribution is -2.49. The molecule has 35 heavy (non-hydrogen) atoms. The fourth-order valence-electron chi connectivity index (χ4n) is 3.91. The predicted molar refractivity (Wildman–Crippen MR) is 158 cm³/mol. The fourth-order valence-corrected chi connectivity index (χ4v) is 23.0. The van der Waals surface area contributed by atoms with Crippen LogP contribution in [0.25, 0.3) is 0 Å². The minimum absolute atomic E-state index is 0.988. The summed E-state index contributed by atoms with van der Waals surface area (Å²) < 4.78 is 33.9. The van der Waals surface area contributed by atoms with Gasteiger partial charge in [-0.2, -0.15) is 0 Å². The van der Waals surface area contributed by atoms with Crippen molar-refractivity contribution in [3.8, 4) is 0 Å². The Labute approximate surface area is 223 Å². The van der Waals surface area contributed by atoms with E-state index in [1.165, 1.54) is 0 Å². The molecule has 0 amide bonds. The summed E-state index contributed by atoms with van der Waals surface area (Å²) in [7, 11) is 0.718. The molecule has 1 fully saturated rings. The van der Waals surface area contributed by atoms with Crippen LogP contribution in [0.1, 0.15) is 32.1 Å². The third-order valence-electron chi connectivity index (χ3n) is 5.85. The summed E-state index contributed by atoms with van der Waals surface area (Å²) in [6.45, 7) is 4.94. The molecule has 0 aromatic rings. The van der Waals surface area contributed by atoms with E-state index in [2.05, 4.69) is 26.6 Å². The Balaban J connectivity index is 3.06. The molecule has 0 bridgehead atoms. The van der Waals surface area contributed by atoms with Gasteiger partial charge in [-0.1, -0.05) is 0 Å². The second-order valence-corrected chi connectivity index (χ2v) is 21.7. The van der Waals surface area contributed by atoms with Gasteiger partial charge in [0.25, 0.3) is 0 Å². The first-order valence-corrected chi connectivity index (χ1v) is 22.5. The van der Waals surface area contributed by atoms with Crippen LogP contribution in [-0.2, 0) is 20.6 Å². The smallest absolute Gasteiger partial charge is 0.303 e. The minimum Gasteiger partial charge on any atom is -0.420 e. The zero-order chi connectivity index (χ0) is 25.6. The minimum atomic E-state index is -1.86. The van der Waals surface area contributed by atoms with Gasteiger partial charge in [-0.25, -0.2) is 0 Å². The molecule has 210 valence electrons. The maximum atomic E-state index is 6.79. The largest absolute Gasteiger partial charge is 0.420 e. The molecule has 0 radical (unpaired) electrons. The van der Waals surface area contributed by atoms with Gasteiger partial charge in [-0.3, -0.25) is 0 Å². The lowest BCUT2D eigenvalue weighted by Gasteiger charge is -2.34. The highest BCUT2D eigenvalue weighted by molar-refractivity contribution is 6.74. The summed E-state index contributed by atoms with van der Waals surface area (Å²) in [5.74, 6) is 0. The molecule has 0 unspecified atom stereocenters. The molecule has 1 rings (SSSR count). The van der Waals surface area contributed by atoms with Crippen molar-refractivity contribution in [2.75, 3.05) is 68.0 Å². The van der Waals surface area contributed by atoms with Crippen molar-refractivity contribution in [3.05, 3.63) is 0 Å². The number of nitrogens with one attached hydrogen (secondary N) is 5. The molecule has 15 heteroatoms. The third-order valence-corrected chi connectivity index (χ3v) is 22.4. The van der Waals surface area contributed by atoms with Gasteiger partial charge in [0.15, 0.2) is 0 Å². The molecule has 1 saturated heterocycles. The molecule has 1 aliphatic heterocycles. The molecule has 1 aliphatic rings. The Bertz CT molecular complexity index is 381. The SMILES string of the molecule is CNCCC[SiH]1O[SiH](CCCNC)O[SiH](CCCNC)O[SiH](CCCNC)O[SiH](CCCNC)O1. The van der Waals surface area contributed by atoms with Crippen LogP contribution in [0, 0.1) is 0 Å². The van der Waals surface area contributed by atoms with E-state index in [1.54, 1.807) is 0 Å². The van der Waals surface area contributed by atoms with Crippen molar-refractivity contribution >= 4 is 46.4 Å². The Kier molecular flexibility index (Phi) is 22.9. The van der Waals surface area contributed by atoms with Crippen molar-refractivity contribution in [1.29, 1.82) is 0 Å². The van der Waals surface area contributed by atoms with Gasteiger partial charge in [0.1, 0.15) is 0 Å². The van der Waals surface area contributed by atoms with E-state index in [1.807, 2.05) is 35.2 Å². The second-order valence-electron chi connectivity index (χ2n) is 9.06. The van der Waals surface area contributed by atoms with Crippen LogP contribution in [0.15, 0.2) is 0 Å². The van der Waals surface area contributed by atoms with E-state index in [0.717, 1.165) is 95.0 Å². The highest BCUT2D eigenvalue weighted by Gasteiger charge is 2.34. The Morgan fingerprint density at radius 2 is 0.514 bits per heavy atom. The van der Waals surface area contributed by atoms with Gasteiger partial charge in [-0.15, -0.1) is 0 Å². The van der Waals surface area contributed by atoms with Crippen molar-refractivity contribution in [2.45, 2.75) is 62.3 Å². The molecular formula is C20H55N5O5Si5. The summed E-state index contributed by atoms with van der Waals surface area (Å²) >= 11 is 0. The van der Waals surface area contributed by atoms with Gasteiger partial charge < -0.3 is 47.2 Å². The fraction of sp³-hybridized carbons (Fsp3) is 1.00. The first-order valence-electron chi connectivity index (χ1n) is 13.7. The molecule has 10 nitrogen and oxygen atoms in total. The second kappa shape index (κ2) is 23.8. The predicted octanol–water partition coefficient (Wildman–Crippen LogP) is -0.767. The molecule has 0 atom stereocenters. The van der Waals surface area contributed by atoms with Crippen LogP contribution in [0.5, 0.6) is 0 Å². The van der Waals surface area contributed by atoms with Crippen LogP contribution in [-0.4, -0.2) is 114 Å². The molecule has 0 spiro atoms. The Morgan fingerprint density at radius 1 is 0.343 bits per heavy atom. The first kappa shape index (κ1) is 33.7. The lowest BCUT2D eigenvalue weighted by atomic mass is 10.5. The quantitative estimate of drug-likeness (QED) is 0.0924. The van der Waals surface area contributed by atoms with Crippen LogP contribution in [0.3, 0.4) is 0 Å². The maximum absolute atomic E-state index is 6.79. The summed E-state index contributed by atoms with van der Waals surface area (Å²) in [5, 5.41) is 16.4. The van der Waals surface area contributed by atoms with Gasteiger partial charge in [-0.05, 0) is 130 Å². The zero-order valence-corrected chi connectivity index (χ0v) is 28.8. The van der Waals surface area contributed by atoms with Crippen molar-refractivity contribution in [2.24, 2.45) is 0 Å². The highest BCUT2D eigenvalue weighted by Crippen LogP contribution is 2.19. The number of hydrogen-bond acceptors (Lipinski definition) is 10. The van der Waals surface area contributed by atoms with E-state index < -0.39 is 46.4 Å². The first-order chi connectivity index (χ1) is 17.2. The van der Waals surface area contributed by atoms with Crippen LogP contribution >= 0.6 is 0 Å². The van der Waals surface area contributed by atoms with Gasteiger partial charge in [0.2, 0.25) is 0 Å². The average molecular weight is 586 g/mol. The van der Waals surface area contributed by atoms with E-state index in [4.69, 9.17) is 20.6 Å². The monoisotopic (exact) mass is 585 g/mol. The molecule has 1 heterocycles. The topological polar surface area (TPSA) is 106 Å². The maximum Gasteiger partial charge on any atom is 0.303 e. The average Bonchev–Trinajstić information content (AvgIpc) is 2.84. The van der Waals surface area contributed by atoms with Crippen LogP contribution < -0.4 is 26.6 Å². The van der Waals surface area contributed by atoms with E-state index in [-0.39, 0.29) is 0 Å². The van der Waals surface area contributed by atoms with E-state index in [0.29, 0.717) is 0 Å². The van der Waals surface area contributed by atoms with Crippen LogP contribution in [0.2, 0.25) is 30.2 Å². The number of rotatable bonds is 20. The summed E-state index contributed by atoms with van der Waals surface area (Å²) in [6, 6.07) is 5.06. The van der Waals surface area contributed by atoms with Gasteiger partial charge in [0, 0.05) is 0 Å². The Morgan fingerprint density at radius 3 is 0.657 bits per heavy atom. The number of hydrogen-bond donors (Lipinski definition) is 5. The normalized spacial score (nSPS) is 26.1. The van der Waals surface area contributed by atoms with Gasteiger partial charge in [0.05, 0.1) is 0 Å². The summed E-state index contributed by atoms with van der Waals surface area (Å²) in [6.07, 6.45) is 5.37. The Hall–Kier alpha value is 0.684. The van der Waals surface area contributed by atoms with E-state index in [9.17, 15) is 0 Å². The third kappa shape index (κ3) is 17.8. The summed E-state index contributed by atoms with van der Waals surface area (Å²) in [5.41, 5.74) is 0. The highest BCUT2D eigenvalue weighted by atomic mass is 28.5. The van der Waals surface area contributed by atoms with Crippen LogP contribution in [0.4, 0.5) is 0 Å². The van der Waals surface area contributed by atoms with Crippen molar-refractivity contribution in [3.63, 3.8) is 0 Å². The van der Waals surface area contributed by atoms with Crippen molar-refractivity contribution < 1.29 is 20.6 Å². The summed E-state index contributed by atoms with van der Waals surface area (Å²) in [4.78, 5) is 0. The van der Waals surface area contributed by atoms with Crippen molar-refractivity contribution in [1.82, 2.24) is 26.6 Å². The molecule has 0 aromatic carbocycles. The van der Waals surface area contributed by atoms with E-state index >= 15 is 0 Å². The molecule has 5 N–H and O–H groups in total. The molecule has 0 saturated carbocycles. The molecule has 0 aromatic heterocycles. The standard InChI is InChI=1S/C20H55N5O5Si5/c1-21-11-6-16-31-26-32(17-7-12-22-2)28-34(19-9-14-24-4)30-35(20-10-15-25-5)29-33(27-31)18-8-13-23-3/h21-25,31-35H,6-20H2,1-5H3. The molecular weight excluding hydrogens is 531 g/mol.